The molecule has 0 aromatic carbocycles. The van der Waals surface area contributed by atoms with Crippen LogP contribution >= 0.6 is 11.3 Å². The molecule has 1 fully saturated rings. The fourth-order valence-corrected chi connectivity index (χ4v) is 7.37. The zero-order chi connectivity index (χ0) is 20.3. The van der Waals surface area contributed by atoms with Crippen molar-refractivity contribution in [3.63, 3.8) is 0 Å². The molecule has 1 aliphatic heterocycles. The number of fused-ring (bicyclic) bond motifs is 4. The van der Waals surface area contributed by atoms with E-state index in [2.05, 4.69) is 24.8 Å². The zero-order valence-corrected chi connectivity index (χ0v) is 17.8. The summed E-state index contributed by atoms with van der Waals surface area (Å²) >= 11 is 1.78. The van der Waals surface area contributed by atoms with Gasteiger partial charge in [-0.25, -0.2) is 23.4 Å². The number of aromatic amines is 1. The molecule has 6 rings (SSSR count). The Morgan fingerprint density at radius 1 is 1.07 bits per heavy atom. The topological polar surface area (TPSA) is 95.1 Å². The van der Waals surface area contributed by atoms with Crippen LogP contribution in [0.15, 0.2) is 35.7 Å². The molecule has 0 radical (unpaired) electrons. The standard InChI is InChI=1S/C20H20N6O2S2/c27-30(28,16-11-22-18-14(16)4-2-6-21-18)26-9-7-25(8-10-26)19-17-13-3-1-5-15(13)29-20(17)24-12-23-19/h2,4,6,11-12H,1,3,5,7-10H2,(H,21,22). The Bertz CT molecular complexity index is 1370. The molecule has 0 amide bonds. The minimum atomic E-state index is -3.59. The third-order valence-electron chi connectivity index (χ3n) is 6.05. The van der Waals surface area contributed by atoms with Crippen molar-refractivity contribution >= 4 is 48.4 Å². The van der Waals surface area contributed by atoms with Crippen LogP contribution in [0.3, 0.4) is 0 Å². The Labute approximate surface area is 177 Å². The maximum absolute atomic E-state index is 13.3. The number of piperazine rings is 1. The molecule has 0 saturated carbocycles. The van der Waals surface area contributed by atoms with Crippen LogP contribution in [-0.2, 0) is 22.9 Å². The Morgan fingerprint density at radius 3 is 2.80 bits per heavy atom. The van der Waals surface area contributed by atoms with Crippen LogP contribution in [0.2, 0.25) is 0 Å². The van der Waals surface area contributed by atoms with Gasteiger partial charge in [0.1, 0.15) is 27.5 Å². The Hall–Kier alpha value is -2.56. The lowest BCUT2D eigenvalue weighted by atomic mass is 10.1. The van der Waals surface area contributed by atoms with Gasteiger partial charge in [0.2, 0.25) is 10.0 Å². The molecular weight excluding hydrogens is 420 g/mol. The van der Waals surface area contributed by atoms with Crippen LogP contribution < -0.4 is 4.90 Å². The average molecular weight is 441 g/mol. The van der Waals surface area contributed by atoms with Crippen LogP contribution in [-0.4, -0.2) is 58.8 Å². The molecule has 1 saturated heterocycles. The van der Waals surface area contributed by atoms with Crippen LogP contribution in [0.4, 0.5) is 5.82 Å². The number of nitrogens with one attached hydrogen (secondary N) is 1. The van der Waals surface area contributed by atoms with Crippen molar-refractivity contribution in [2.75, 3.05) is 31.1 Å². The fraction of sp³-hybridized carbons (Fsp3) is 0.350. The lowest BCUT2D eigenvalue weighted by molar-refractivity contribution is 0.384. The highest BCUT2D eigenvalue weighted by atomic mass is 32.2. The normalized spacial score (nSPS) is 17.8. The van der Waals surface area contributed by atoms with Gasteiger partial charge in [-0.2, -0.15) is 4.31 Å². The van der Waals surface area contributed by atoms with E-state index >= 15 is 0 Å². The summed E-state index contributed by atoms with van der Waals surface area (Å²) in [5.74, 6) is 0.952. The van der Waals surface area contributed by atoms with Gasteiger partial charge in [-0.1, -0.05) is 0 Å². The maximum atomic E-state index is 13.3. The van der Waals surface area contributed by atoms with Crippen LogP contribution in [0.1, 0.15) is 16.9 Å². The minimum absolute atomic E-state index is 0.291. The third kappa shape index (κ3) is 2.67. The van der Waals surface area contributed by atoms with Crippen molar-refractivity contribution in [3.05, 3.63) is 41.3 Å². The number of nitrogens with zero attached hydrogens (tertiary/aromatic N) is 5. The van der Waals surface area contributed by atoms with Gasteiger partial charge in [-0.05, 0) is 37.0 Å². The second-order valence-electron chi connectivity index (χ2n) is 7.68. The van der Waals surface area contributed by atoms with Crippen molar-refractivity contribution in [2.24, 2.45) is 0 Å². The molecule has 1 aliphatic carbocycles. The van der Waals surface area contributed by atoms with Crippen LogP contribution in [0.5, 0.6) is 0 Å². The number of anilines is 1. The molecule has 8 nitrogen and oxygen atoms in total. The van der Waals surface area contributed by atoms with E-state index in [9.17, 15) is 8.42 Å². The first-order chi connectivity index (χ1) is 14.6. The largest absolute Gasteiger partial charge is 0.353 e. The SMILES string of the molecule is O=S(=O)(c1c[nH]c2ncccc12)N1CCN(c2ncnc3sc4c(c23)CCC4)CC1. The summed E-state index contributed by atoms with van der Waals surface area (Å²) in [6.07, 6.45) is 8.22. The molecule has 154 valence electrons. The number of aromatic nitrogens is 4. The molecule has 1 N–H and O–H groups in total. The first kappa shape index (κ1) is 18.2. The van der Waals surface area contributed by atoms with E-state index < -0.39 is 10.0 Å². The first-order valence-electron chi connectivity index (χ1n) is 10.1. The van der Waals surface area contributed by atoms with Gasteiger partial charge < -0.3 is 9.88 Å². The van der Waals surface area contributed by atoms with Crippen molar-refractivity contribution in [1.82, 2.24) is 24.2 Å². The number of hydrogen-bond acceptors (Lipinski definition) is 7. The van der Waals surface area contributed by atoms with Gasteiger partial charge >= 0.3 is 0 Å². The molecule has 4 aromatic heterocycles. The van der Waals surface area contributed by atoms with Gasteiger partial charge in [0.05, 0.1) is 5.39 Å². The van der Waals surface area contributed by atoms with Gasteiger partial charge in [0.25, 0.3) is 0 Å². The number of aryl methyl sites for hydroxylation is 2. The second-order valence-corrected chi connectivity index (χ2v) is 10.7. The summed E-state index contributed by atoms with van der Waals surface area (Å²) < 4.78 is 28.1. The number of rotatable bonds is 3. The molecule has 2 aliphatic rings. The summed E-state index contributed by atoms with van der Waals surface area (Å²) in [5, 5.41) is 1.81. The van der Waals surface area contributed by atoms with Crippen LogP contribution in [0.25, 0.3) is 21.3 Å². The molecule has 0 atom stereocenters. The molecule has 10 heteroatoms. The van der Waals surface area contributed by atoms with E-state index in [1.807, 2.05) is 0 Å². The minimum Gasteiger partial charge on any atom is -0.353 e. The van der Waals surface area contributed by atoms with E-state index in [0.717, 1.165) is 23.5 Å². The molecule has 30 heavy (non-hydrogen) atoms. The van der Waals surface area contributed by atoms with Gasteiger partial charge in [0, 0.05) is 48.8 Å². The maximum Gasteiger partial charge on any atom is 0.245 e. The van der Waals surface area contributed by atoms with E-state index in [4.69, 9.17) is 0 Å². The molecule has 0 unspecified atom stereocenters. The van der Waals surface area contributed by atoms with Gasteiger partial charge in [0.15, 0.2) is 0 Å². The lowest BCUT2D eigenvalue weighted by Crippen LogP contribution is -2.49. The number of pyridine rings is 1. The van der Waals surface area contributed by atoms with E-state index in [0.29, 0.717) is 42.1 Å². The predicted molar refractivity (Wildman–Crippen MR) is 117 cm³/mol. The highest BCUT2D eigenvalue weighted by Crippen LogP contribution is 2.40. The Balaban J connectivity index is 1.29. The summed E-state index contributed by atoms with van der Waals surface area (Å²) in [5.41, 5.74) is 1.98. The number of sulfonamides is 1. The van der Waals surface area contributed by atoms with Gasteiger partial charge in [-0.15, -0.1) is 11.3 Å². The Morgan fingerprint density at radius 2 is 1.93 bits per heavy atom. The third-order valence-corrected chi connectivity index (χ3v) is 9.19. The molecule has 5 heterocycles. The van der Waals surface area contributed by atoms with E-state index in [-0.39, 0.29) is 0 Å². The van der Waals surface area contributed by atoms with E-state index in [1.54, 1.807) is 46.5 Å². The van der Waals surface area contributed by atoms with E-state index in [1.165, 1.54) is 22.2 Å². The lowest BCUT2D eigenvalue weighted by Gasteiger charge is -2.34. The highest BCUT2D eigenvalue weighted by Gasteiger charge is 2.32. The van der Waals surface area contributed by atoms with Crippen molar-refractivity contribution < 1.29 is 8.42 Å². The zero-order valence-electron chi connectivity index (χ0n) is 16.2. The van der Waals surface area contributed by atoms with Crippen molar-refractivity contribution in [2.45, 2.75) is 24.2 Å². The second kappa shape index (κ2) is 6.73. The summed E-state index contributed by atoms with van der Waals surface area (Å²) in [7, 11) is -3.59. The molecule has 0 bridgehead atoms. The molecule has 4 aromatic rings. The van der Waals surface area contributed by atoms with Crippen LogP contribution in [0, 0.1) is 0 Å². The van der Waals surface area contributed by atoms with Crippen molar-refractivity contribution in [3.8, 4) is 0 Å². The average Bonchev–Trinajstić information content (AvgIpc) is 3.47. The predicted octanol–water partition coefficient (Wildman–Crippen LogP) is 2.57. The summed E-state index contributed by atoms with van der Waals surface area (Å²) in [6.45, 7) is 2.06. The monoisotopic (exact) mass is 440 g/mol. The quantitative estimate of drug-likeness (QED) is 0.526. The first-order valence-corrected chi connectivity index (χ1v) is 12.3. The number of thiophene rings is 1. The van der Waals surface area contributed by atoms with Gasteiger partial charge in [-0.3, -0.25) is 0 Å². The highest BCUT2D eigenvalue weighted by molar-refractivity contribution is 7.89. The number of H-pyrrole nitrogens is 1. The van der Waals surface area contributed by atoms with Crippen molar-refractivity contribution in [1.29, 1.82) is 0 Å². The smallest absolute Gasteiger partial charge is 0.245 e. The summed E-state index contributed by atoms with van der Waals surface area (Å²) in [4.78, 5) is 21.2. The Kier molecular flexibility index (Phi) is 4.09. The fourth-order valence-electron chi connectivity index (χ4n) is 4.58. The molecule has 0 spiro atoms. The summed E-state index contributed by atoms with van der Waals surface area (Å²) in [6, 6.07) is 3.55. The number of hydrogen-bond donors (Lipinski definition) is 1. The molecular formula is C20H20N6O2S2.